The third kappa shape index (κ3) is 1.58. The third-order valence-corrected chi connectivity index (χ3v) is 3.01. The quantitative estimate of drug-likeness (QED) is 0.857. The molecule has 0 atom stereocenters. The van der Waals surface area contributed by atoms with Crippen LogP contribution in [0, 0.1) is 0 Å². The Morgan fingerprint density at radius 3 is 2.69 bits per heavy atom. The van der Waals surface area contributed by atoms with E-state index >= 15 is 0 Å². The van der Waals surface area contributed by atoms with Crippen LogP contribution in [0.1, 0.15) is 18.2 Å². The van der Waals surface area contributed by atoms with Crippen LogP contribution in [-0.4, -0.2) is 15.6 Å². The topological polar surface area (TPSA) is 42.2 Å². The number of hydrogen-bond acceptors (Lipinski definition) is 1. The lowest BCUT2D eigenvalue weighted by Gasteiger charge is -2.02. The molecule has 0 radical (unpaired) electrons. The van der Waals surface area contributed by atoms with E-state index in [4.69, 9.17) is 5.11 Å². The Balaban J connectivity index is 2.72. The number of carboxylic acid groups (broad SMARTS) is 1. The standard InChI is InChI=1S/C13H15NO2/c1-3-11-10(8-13(15)16)9-6-4-5-7-12(9)14(11)2/h4-7H,3,8H2,1-2H3,(H,15,16). The smallest absolute Gasteiger partial charge is 0.307 e. The predicted octanol–water partition coefficient (Wildman–Crippen LogP) is 2.37. The van der Waals surface area contributed by atoms with Crippen molar-refractivity contribution in [2.75, 3.05) is 0 Å². The van der Waals surface area contributed by atoms with Gasteiger partial charge in [0.25, 0.3) is 0 Å². The summed E-state index contributed by atoms with van der Waals surface area (Å²) in [7, 11) is 1.99. The van der Waals surface area contributed by atoms with E-state index in [1.165, 1.54) is 0 Å². The molecule has 0 aliphatic carbocycles. The highest BCUT2D eigenvalue weighted by Crippen LogP contribution is 2.26. The van der Waals surface area contributed by atoms with Crippen LogP contribution in [0.25, 0.3) is 10.9 Å². The molecule has 2 aromatic rings. The normalized spacial score (nSPS) is 10.9. The maximum Gasteiger partial charge on any atom is 0.307 e. The number of hydrogen-bond donors (Lipinski definition) is 1. The molecule has 1 aromatic carbocycles. The first kappa shape index (κ1) is 10.7. The molecule has 1 heterocycles. The van der Waals surface area contributed by atoms with Crippen molar-refractivity contribution in [3.63, 3.8) is 0 Å². The van der Waals surface area contributed by atoms with Crippen molar-refractivity contribution in [3.05, 3.63) is 35.5 Å². The molecule has 3 heteroatoms. The fraction of sp³-hybridized carbons (Fsp3) is 0.308. The summed E-state index contributed by atoms with van der Waals surface area (Å²) in [5.41, 5.74) is 3.17. The molecule has 16 heavy (non-hydrogen) atoms. The molecule has 0 aliphatic heterocycles. The molecular formula is C13H15NO2. The van der Waals surface area contributed by atoms with Crippen LogP contribution in [0.4, 0.5) is 0 Å². The lowest BCUT2D eigenvalue weighted by molar-refractivity contribution is -0.136. The number of nitrogens with zero attached hydrogens (tertiary/aromatic N) is 1. The number of carboxylic acids is 1. The number of aromatic nitrogens is 1. The van der Waals surface area contributed by atoms with Crippen molar-refractivity contribution < 1.29 is 9.90 Å². The molecule has 84 valence electrons. The van der Waals surface area contributed by atoms with E-state index in [2.05, 4.69) is 11.5 Å². The average Bonchev–Trinajstić information content (AvgIpc) is 2.52. The lowest BCUT2D eigenvalue weighted by atomic mass is 10.1. The van der Waals surface area contributed by atoms with Gasteiger partial charge in [-0.05, 0) is 18.1 Å². The van der Waals surface area contributed by atoms with Gasteiger partial charge in [0.05, 0.1) is 6.42 Å². The summed E-state index contributed by atoms with van der Waals surface area (Å²) in [6, 6.07) is 7.95. The first-order chi connectivity index (χ1) is 7.65. The van der Waals surface area contributed by atoms with E-state index in [0.29, 0.717) is 0 Å². The van der Waals surface area contributed by atoms with E-state index in [-0.39, 0.29) is 6.42 Å². The van der Waals surface area contributed by atoms with Crippen molar-refractivity contribution in [2.45, 2.75) is 19.8 Å². The van der Waals surface area contributed by atoms with Gasteiger partial charge in [-0.15, -0.1) is 0 Å². The molecule has 0 saturated carbocycles. The van der Waals surface area contributed by atoms with Crippen LogP contribution in [-0.2, 0) is 24.7 Å². The zero-order chi connectivity index (χ0) is 11.7. The van der Waals surface area contributed by atoms with Crippen LogP contribution >= 0.6 is 0 Å². The second kappa shape index (κ2) is 4.00. The van der Waals surface area contributed by atoms with Crippen LogP contribution in [0.3, 0.4) is 0 Å². The highest BCUT2D eigenvalue weighted by Gasteiger charge is 2.15. The van der Waals surface area contributed by atoms with Crippen LogP contribution in [0.2, 0.25) is 0 Å². The molecule has 0 unspecified atom stereocenters. The summed E-state index contributed by atoms with van der Waals surface area (Å²) in [5, 5.41) is 10.0. The molecule has 0 fully saturated rings. The van der Waals surface area contributed by atoms with E-state index in [1.807, 2.05) is 31.3 Å². The molecule has 0 saturated heterocycles. The summed E-state index contributed by atoms with van der Waals surface area (Å²) in [4.78, 5) is 10.9. The van der Waals surface area contributed by atoms with Gasteiger partial charge in [-0.25, -0.2) is 0 Å². The number of aliphatic carboxylic acids is 1. The monoisotopic (exact) mass is 217 g/mol. The largest absolute Gasteiger partial charge is 0.481 e. The summed E-state index contributed by atoms with van der Waals surface area (Å²) in [6.07, 6.45) is 0.957. The summed E-state index contributed by atoms with van der Waals surface area (Å²) in [6.45, 7) is 2.06. The molecule has 0 bridgehead atoms. The van der Waals surface area contributed by atoms with Gasteiger partial charge in [0.15, 0.2) is 0 Å². The molecule has 2 rings (SSSR count). The Kier molecular flexibility index (Phi) is 2.69. The summed E-state index contributed by atoms with van der Waals surface area (Å²) < 4.78 is 2.09. The zero-order valence-electron chi connectivity index (χ0n) is 9.53. The van der Waals surface area contributed by atoms with E-state index in [9.17, 15) is 4.79 Å². The van der Waals surface area contributed by atoms with E-state index in [1.54, 1.807) is 0 Å². The number of aryl methyl sites for hydroxylation is 1. The molecule has 0 amide bonds. The van der Waals surface area contributed by atoms with Gasteiger partial charge in [-0.2, -0.15) is 0 Å². The van der Waals surface area contributed by atoms with Gasteiger partial charge in [0.2, 0.25) is 0 Å². The van der Waals surface area contributed by atoms with Gasteiger partial charge in [-0.3, -0.25) is 4.79 Å². The minimum atomic E-state index is -0.772. The average molecular weight is 217 g/mol. The van der Waals surface area contributed by atoms with E-state index < -0.39 is 5.97 Å². The minimum Gasteiger partial charge on any atom is -0.481 e. The molecule has 1 aromatic heterocycles. The van der Waals surface area contributed by atoms with Gasteiger partial charge < -0.3 is 9.67 Å². The SMILES string of the molecule is CCc1c(CC(=O)O)c2ccccc2n1C. The van der Waals surface area contributed by atoms with Crippen molar-refractivity contribution in [2.24, 2.45) is 7.05 Å². The van der Waals surface area contributed by atoms with Gasteiger partial charge >= 0.3 is 5.97 Å². The second-order valence-corrected chi connectivity index (χ2v) is 3.93. The first-order valence-corrected chi connectivity index (χ1v) is 5.42. The number of benzene rings is 1. The number of para-hydroxylation sites is 1. The Labute approximate surface area is 94.3 Å². The number of carbonyl (C=O) groups is 1. The Hall–Kier alpha value is -1.77. The Morgan fingerprint density at radius 2 is 2.06 bits per heavy atom. The van der Waals surface area contributed by atoms with Gasteiger partial charge in [0, 0.05) is 23.6 Å². The minimum absolute atomic E-state index is 0.102. The van der Waals surface area contributed by atoms with Crippen LogP contribution < -0.4 is 0 Å². The molecule has 1 N–H and O–H groups in total. The first-order valence-electron chi connectivity index (χ1n) is 5.42. The lowest BCUT2D eigenvalue weighted by Crippen LogP contribution is -2.04. The fourth-order valence-electron chi connectivity index (χ4n) is 2.32. The van der Waals surface area contributed by atoms with Gasteiger partial charge in [-0.1, -0.05) is 25.1 Å². The summed E-state index contributed by atoms with van der Waals surface area (Å²) >= 11 is 0. The second-order valence-electron chi connectivity index (χ2n) is 3.93. The Bertz CT molecular complexity index is 540. The van der Waals surface area contributed by atoms with Crippen LogP contribution in [0.15, 0.2) is 24.3 Å². The third-order valence-electron chi connectivity index (χ3n) is 3.01. The highest BCUT2D eigenvalue weighted by molar-refractivity contribution is 5.89. The molecular weight excluding hydrogens is 202 g/mol. The summed E-state index contributed by atoms with van der Waals surface area (Å²) in [5.74, 6) is -0.772. The molecule has 3 nitrogen and oxygen atoms in total. The van der Waals surface area contributed by atoms with Crippen LogP contribution in [0.5, 0.6) is 0 Å². The predicted molar refractivity (Wildman–Crippen MR) is 63.6 cm³/mol. The number of fused-ring (bicyclic) bond motifs is 1. The molecule has 0 spiro atoms. The van der Waals surface area contributed by atoms with Gasteiger partial charge in [0.1, 0.15) is 0 Å². The van der Waals surface area contributed by atoms with Crippen molar-refractivity contribution in [3.8, 4) is 0 Å². The van der Waals surface area contributed by atoms with Crippen molar-refractivity contribution in [1.82, 2.24) is 4.57 Å². The maximum atomic E-state index is 10.9. The molecule has 0 aliphatic rings. The van der Waals surface area contributed by atoms with Crippen molar-refractivity contribution >= 4 is 16.9 Å². The maximum absolute atomic E-state index is 10.9. The highest BCUT2D eigenvalue weighted by atomic mass is 16.4. The Morgan fingerprint density at radius 1 is 1.38 bits per heavy atom. The zero-order valence-corrected chi connectivity index (χ0v) is 9.53. The fourth-order valence-corrected chi connectivity index (χ4v) is 2.32. The van der Waals surface area contributed by atoms with E-state index in [0.717, 1.165) is 28.6 Å². The number of rotatable bonds is 3. The van der Waals surface area contributed by atoms with Crippen molar-refractivity contribution in [1.29, 1.82) is 0 Å².